The second-order valence-corrected chi connectivity index (χ2v) is 4.01. The van der Waals surface area contributed by atoms with Crippen LogP contribution in [0.5, 0.6) is 5.75 Å². The van der Waals surface area contributed by atoms with Crippen molar-refractivity contribution >= 4 is 17.5 Å². The van der Waals surface area contributed by atoms with E-state index in [1.54, 1.807) is 7.11 Å². The largest absolute Gasteiger partial charge is 0.494 e. The Morgan fingerprint density at radius 2 is 1.95 bits per heavy atom. The standard InChI is InChI=1S/C14H12N2O3/c1-18-12-8-7-11(10-5-3-2-4-6-10)14-13(12)15-16(14)19-9-17/h2-9,15H,1H3. The predicted octanol–water partition coefficient (Wildman–Crippen LogP) is 2.23. The first-order chi connectivity index (χ1) is 9.35. The van der Waals surface area contributed by atoms with Gasteiger partial charge in [-0.1, -0.05) is 30.3 Å². The lowest BCUT2D eigenvalue weighted by molar-refractivity contribution is -0.130. The van der Waals surface area contributed by atoms with E-state index in [-0.39, 0.29) is 0 Å². The Labute approximate surface area is 109 Å². The van der Waals surface area contributed by atoms with E-state index in [1.165, 1.54) is 4.85 Å². The van der Waals surface area contributed by atoms with E-state index in [4.69, 9.17) is 9.57 Å². The number of H-pyrrole nitrogens is 1. The minimum atomic E-state index is 0.379. The third-order valence-corrected chi connectivity index (χ3v) is 3.01. The van der Waals surface area contributed by atoms with Crippen molar-refractivity contribution in [3.05, 3.63) is 42.5 Å². The molecule has 0 radical (unpaired) electrons. The molecule has 0 amide bonds. The van der Waals surface area contributed by atoms with Crippen molar-refractivity contribution in [2.45, 2.75) is 0 Å². The maximum Gasteiger partial charge on any atom is 0.323 e. The molecule has 5 heteroatoms. The lowest BCUT2D eigenvalue weighted by atomic mass is 10.0. The number of hydrogen-bond donors (Lipinski definition) is 1. The second-order valence-electron chi connectivity index (χ2n) is 4.01. The number of carbonyl (C=O) groups excluding carboxylic acids is 1. The van der Waals surface area contributed by atoms with Crippen molar-refractivity contribution in [2.75, 3.05) is 7.11 Å². The highest BCUT2D eigenvalue weighted by Gasteiger charge is 2.17. The molecule has 96 valence electrons. The molecule has 3 rings (SSSR count). The molecule has 3 aromatic rings. The van der Waals surface area contributed by atoms with Crippen LogP contribution < -0.4 is 9.57 Å². The summed E-state index contributed by atoms with van der Waals surface area (Å²) in [6.45, 7) is 0.379. The van der Waals surface area contributed by atoms with Crippen LogP contribution in [0, 0.1) is 0 Å². The van der Waals surface area contributed by atoms with Crippen molar-refractivity contribution in [1.29, 1.82) is 0 Å². The molecule has 2 aromatic carbocycles. The molecule has 0 aliphatic carbocycles. The van der Waals surface area contributed by atoms with Gasteiger partial charge in [-0.3, -0.25) is 9.89 Å². The summed E-state index contributed by atoms with van der Waals surface area (Å²) >= 11 is 0. The number of nitrogens with one attached hydrogen (secondary N) is 1. The zero-order chi connectivity index (χ0) is 13.2. The number of fused-ring (bicyclic) bond motifs is 1. The quantitative estimate of drug-likeness (QED) is 0.728. The average Bonchev–Trinajstić information content (AvgIpc) is 2.45. The molecule has 0 aliphatic rings. The van der Waals surface area contributed by atoms with Gasteiger partial charge < -0.3 is 9.57 Å². The summed E-state index contributed by atoms with van der Waals surface area (Å²) in [5, 5.41) is 2.91. The molecule has 1 N–H and O–H groups in total. The Bertz CT molecular complexity index is 713. The molecule has 0 aliphatic heterocycles. The Morgan fingerprint density at radius 3 is 2.63 bits per heavy atom. The zero-order valence-electron chi connectivity index (χ0n) is 10.3. The molecular weight excluding hydrogens is 244 g/mol. The summed E-state index contributed by atoms with van der Waals surface area (Å²) in [4.78, 5) is 16.7. The Morgan fingerprint density at radius 1 is 1.16 bits per heavy atom. The third kappa shape index (κ3) is 1.76. The number of carbonyl (C=O) groups is 1. The minimum Gasteiger partial charge on any atom is -0.494 e. The Balaban J connectivity index is 2.22. The first kappa shape index (κ1) is 11.4. The van der Waals surface area contributed by atoms with Crippen molar-refractivity contribution in [2.24, 2.45) is 0 Å². The topological polar surface area (TPSA) is 56.2 Å². The van der Waals surface area contributed by atoms with Crippen molar-refractivity contribution in [1.82, 2.24) is 9.94 Å². The average molecular weight is 256 g/mol. The fourth-order valence-electron chi connectivity index (χ4n) is 2.14. The van der Waals surface area contributed by atoms with E-state index in [1.807, 2.05) is 42.5 Å². The lowest BCUT2D eigenvalue weighted by Gasteiger charge is -2.18. The van der Waals surface area contributed by atoms with Crippen LogP contribution >= 0.6 is 0 Å². The molecule has 0 unspecified atom stereocenters. The van der Waals surface area contributed by atoms with Gasteiger partial charge in [-0.15, -0.1) is 4.85 Å². The smallest absolute Gasteiger partial charge is 0.323 e. The van der Waals surface area contributed by atoms with E-state index >= 15 is 0 Å². The number of hydrogen-bond acceptors (Lipinski definition) is 3. The van der Waals surface area contributed by atoms with E-state index in [9.17, 15) is 4.79 Å². The van der Waals surface area contributed by atoms with E-state index in [2.05, 4.69) is 5.10 Å². The van der Waals surface area contributed by atoms with Crippen LogP contribution in [0.15, 0.2) is 42.5 Å². The normalized spacial score (nSPS) is 10.6. The summed E-state index contributed by atoms with van der Waals surface area (Å²) < 4.78 is 5.26. The number of nitrogens with zero attached hydrogens (tertiary/aromatic N) is 1. The molecule has 0 spiro atoms. The Hall–Kier alpha value is -2.69. The van der Waals surface area contributed by atoms with Gasteiger partial charge in [0.2, 0.25) is 0 Å². The van der Waals surface area contributed by atoms with E-state index in [0.717, 1.165) is 22.2 Å². The minimum absolute atomic E-state index is 0.379. The molecule has 1 heterocycles. The summed E-state index contributed by atoms with van der Waals surface area (Å²) in [6, 6.07) is 13.7. The molecule has 0 saturated heterocycles. The SMILES string of the molecule is COc1ccc(-c2ccccc2)c2c1[nH]n2OC=O. The Kier molecular flexibility index (Phi) is 2.72. The van der Waals surface area contributed by atoms with Crippen molar-refractivity contribution < 1.29 is 14.4 Å². The monoisotopic (exact) mass is 256 g/mol. The van der Waals surface area contributed by atoms with Gasteiger partial charge in [0.1, 0.15) is 16.8 Å². The molecule has 0 saturated carbocycles. The summed E-state index contributed by atoms with van der Waals surface area (Å²) in [5.74, 6) is 0.709. The van der Waals surface area contributed by atoms with Gasteiger partial charge >= 0.3 is 6.47 Å². The number of aromatic nitrogens is 2. The van der Waals surface area contributed by atoms with Crippen LogP contribution in [0.4, 0.5) is 0 Å². The zero-order valence-corrected chi connectivity index (χ0v) is 10.3. The first-order valence-corrected chi connectivity index (χ1v) is 5.78. The summed E-state index contributed by atoms with van der Waals surface area (Å²) in [5.41, 5.74) is 3.61. The summed E-state index contributed by atoms with van der Waals surface area (Å²) in [6.07, 6.45) is 0. The molecule has 19 heavy (non-hydrogen) atoms. The van der Waals surface area contributed by atoms with Gasteiger partial charge in [0, 0.05) is 5.56 Å². The van der Waals surface area contributed by atoms with Crippen LogP contribution in [0.1, 0.15) is 0 Å². The number of ether oxygens (including phenoxy) is 1. The molecule has 1 aromatic heterocycles. The highest BCUT2D eigenvalue weighted by molar-refractivity contribution is 5.96. The van der Waals surface area contributed by atoms with Gasteiger partial charge in [-0.05, 0) is 17.7 Å². The molecule has 0 fully saturated rings. The molecule has 0 bridgehead atoms. The first-order valence-electron chi connectivity index (χ1n) is 5.78. The van der Waals surface area contributed by atoms with Crippen LogP contribution in [-0.2, 0) is 4.79 Å². The van der Waals surface area contributed by atoms with E-state index in [0.29, 0.717) is 12.2 Å². The van der Waals surface area contributed by atoms with Crippen molar-refractivity contribution in [3.63, 3.8) is 0 Å². The van der Waals surface area contributed by atoms with Crippen LogP contribution in [0.25, 0.3) is 22.2 Å². The van der Waals surface area contributed by atoms with Crippen molar-refractivity contribution in [3.8, 4) is 16.9 Å². The van der Waals surface area contributed by atoms with Crippen LogP contribution in [0.3, 0.4) is 0 Å². The predicted molar refractivity (Wildman–Crippen MR) is 70.9 cm³/mol. The fourth-order valence-corrected chi connectivity index (χ4v) is 2.14. The van der Waals surface area contributed by atoms with Gasteiger partial charge in [0.15, 0.2) is 0 Å². The molecule has 5 nitrogen and oxygen atoms in total. The fraction of sp³-hybridized carbons (Fsp3) is 0.0714. The summed E-state index contributed by atoms with van der Waals surface area (Å²) in [7, 11) is 1.60. The van der Waals surface area contributed by atoms with Gasteiger partial charge in [0.05, 0.1) is 7.11 Å². The maximum absolute atomic E-state index is 10.5. The van der Waals surface area contributed by atoms with Gasteiger partial charge in [0.25, 0.3) is 0 Å². The molecular formula is C14H12N2O3. The van der Waals surface area contributed by atoms with Crippen LogP contribution in [-0.4, -0.2) is 23.5 Å². The second kappa shape index (κ2) is 4.53. The van der Waals surface area contributed by atoms with E-state index < -0.39 is 0 Å². The highest BCUT2D eigenvalue weighted by Crippen LogP contribution is 2.34. The number of benzene rings is 2. The van der Waals surface area contributed by atoms with Gasteiger partial charge in [-0.25, -0.2) is 0 Å². The number of methoxy groups -OCH3 is 1. The van der Waals surface area contributed by atoms with Gasteiger partial charge in [-0.2, -0.15) is 0 Å². The number of aromatic amines is 1. The maximum atomic E-state index is 10.5. The highest BCUT2D eigenvalue weighted by atomic mass is 16.7. The third-order valence-electron chi connectivity index (χ3n) is 3.01. The number of rotatable bonds is 4. The van der Waals surface area contributed by atoms with Crippen LogP contribution in [0.2, 0.25) is 0 Å². The lowest BCUT2D eigenvalue weighted by Crippen LogP contribution is -2.19. The molecule has 0 atom stereocenters.